The lowest BCUT2D eigenvalue weighted by Crippen LogP contribution is -2.36. The van der Waals surface area contributed by atoms with Crippen LogP contribution in [0.1, 0.15) is 52.4 Å². The number of carbonyl (C=O) groups is 1. The number of aromatic nitrogens is 4. The zero-order chi connectivity index (χ0) is 14.2. The van der Waals surface area contributed by atoms with Crippen LogP contribution in [-0.4, -0.2) is 37.5 Å². The van der Waals surface area contributed by atoms with Crippen LogP contribution in [-0.2, 0) is 25.8 Å². The molecule has 21 heavy (non-hydrogen) atoms. The fourth-order valence-corrected chi connectivity index (χ4v) is 3.37. The third-order valence-corrected chi connectivity index (χ3v) is 4.57. The first-order valence-corrected chi connectivity index (χ1v) is 7.69. The van der Waals surface area contributed by atoms with Gasteiger partial charge in [-0.05, 0) is 25.7 Å². The minimum absolute atomic E-state index is 0.0506. The van der Waals surface area contributed by atoms with Crippen LogP contribution >= 0.6 is 0 Å². The highest BCUT2D eigenvalue weighted by Crippen LogP contribution is 2.24. The van der Waals surface area contributed by atoms with Crippen LogP contribution < -0.4 is 0 Å². The Bertz CT molecular complexity index is 671. The molecule has 6 nitrogen and oxygen atoms in total. The predicted octanol–water partition coefficient (Wildman–Crippen LogP) is 1.60. The maximum atomic E-state index is 12.8. The van der Waals surface area contributed by atoms with Gasteiger partial charge in [0.2, 0.25) is 0 Å². The van der Waals surface area contributed by atoms with E-state index in [1.165, 1.54) is 12.8 Å². The summed E-state index contributed by atoms with van der Waals surface area (Å²) in [6.45, 7) is 1.33. The summed E-state index contributed by atoms with van der Waals surface area (Å²) in [5.74, 6) is 0.0506. The van der Waals surface area contributed by atoms with Gasteiger partial charge in [-0.3, -0.25) is 9.89 Å². The summed E-state index contributed by atoms with van der Waals surface area (Å²) in [6, 6.07) is 0. The van der Waals surface area contributed by atoms with Crippen LogP contribution in [0, 0.1) is 0 Å². The number of amides is 1. The van der Waals surface area contributed by atoms with Crippen molar-refractivity contribution in [2.45, 2.75) is 45.1 Å². The van der Waals surface area contributed by atoms with Gasteiger partial charge in [-0.15, -0.1) is 0 Å². The van der Waals surface area contributed by atoms with Crippen molar-refractivity contribution in [2.75, 3.05) is 6.54 Å². The zero-order valence-electron chi connectivity index (χ0n) is 12.0. The van der Waals surface area contributed by atoms with Crippen molar-refractivity contribution in [3.8, 4) is 0 Å². The number of H-pyrrole nitrogens is 2. The smallest absolute Gasteiger partial charge is 0.275 e. The number of carbonyl (C=O) groups excluding carboxylic acids is 1. The molecule has 2 aliphatic rings. The number of aromatic amines is 2. The highest BCUT2D eigenvalue weighted by atomic mass is 16.2. The van der Waals surface area contributed by atoms with E-state index < -0.39 is 0 Å². The normalized spacial score (nSPS) is 18.0. The van der Waals surface area contributed by atoms with Gasteiger partial charge in [0, 0.05) is 24.2 Å². The van der Waals surface area contributed by atoms with Crippen LogP contribution in [0.3, 0.4) is 0 Å². The van der Waals surface area contributed by atoms with Crippen molar-refractivity contribution in [3.05, 3.63) is 34.7 Å². The molecule has 0 saturated heterocycles. The second-order valence-corrected chi connectivity index (χ2v) is 5.89. The van der Waals surface area contributed by atoms with Gasteiger partial charge in [-0.25, -0.2) is 4.98 Å². The lowest BCUT2D eigenvalue weighted by Gasteiger charge is -2.25. The molecule has 110 valence electrons. The molecule has 2 aromatic rings. The van der Waals surface area contributed by atoms with Crippen LogP contribution in [0.5, 0.6) is 0 Å². The van der Waals surface area contributed by atoms with Crippen molar-refractivity contribution < 1.29 is 4.79 Å². The predicted molar refractivity (Wildman–Crippen MR) is 76.9 cm³/mol. The third kappa shape index (κ3) is 2.14. The van der Waals surface area contributed by atoms with E-state index in [0.717, 1.165) is 54.9 Å². The Morgan fingerprint density at radius 3 is 3.00 bits per heavy atom. The quantitative estimate of drug-likeness (QED) is 0.781. The molecule has 0 spiro atoms. The van der Waals surface area contributed by atoms with E-state index in [-0.39, 0.29) is 5.91 Å². The van der Waals surface area contributed by atoms with E-state index in [9.17, 15) is 4.79 Å². The van der Waals surface area contributed by atoms with Crippen LogP contribution in [0.25, 0.3) is 0 Å². The van der Waals surface area contributed by atoms with Crippen molar-refractivity contribution >= 4 is 5.91 Å². The van der Waals surface area contributed by atoms with Gasteiger partial charge in [0.05, 0.1) is 24.3 Å². The average Bonchev–Trinajstić information content (AvgIpc) is 3.07. The average molecular weight is 285 g/mol. The summed E-state index contributed by atoms with van der Waals surface area (Å²) in [5.41, 5.74) is 5.08. The molecule has 0 atom stereocenters. The van der Waals surface area contributed by atoms with E-state index in [0.29, 0.717) is 12.2 Å². The highest BCUT2D eigenvalue weighted by molar-refractivity contribution is 5.94. The van der Waals surface area contributed by atoms with Crippen LogP contribution in [0.4, 0.5) is 0 Å². The summed E-state index contributed by atoms with van der Waals surface area (Å²) >= 11 is 0. The monoisotopic (exact) mass is 285 g/mol. The summed E-state index contributed by atoms with van der Waals surface area (Å²) in [7, 11) is 0. The Morgan fingerprint density at radius 1 is 1.14 bits per heavy atom. The summed E-state index contributed by atoms with van der Waals surface area (Å²) in [6.07, 6.45) is 8.08. The summed E-state index contributed by atoms with van der Waals surface area (Å²) in [4.78, 5) is 22.1. The Hall–Kier alpha value is -2.11. The second-order valence-electron chi connectivity index (χ2n) is 5.89. The van der Waals surface area contributed by atoms with E-state index in [4.69, 9.17) is 0 Å². The molecule has 0 fully saturated rings. The minimum atomic E-state index is 0.0506. The number of hydrogen-bond acceptors (Lipinski definition) is 3. The Labute approximate surface area is 123 Å². The van der Waals surface area contributed by atoms with E-state index >= 15 is 0 Å². The number of hydrogen-bond donors (Lipinski definition) is 2. The van der Waals surface area contributed by atoms with Crippen molar-refractivity contribution in [3.63, 3.8) is 0 Å². The first-order chi connectivity index (χ1) is 10.3. The van der Waals surface area contributed by atoms with Crippen molar-refractivity contribution in [1.29, 1.82) is 0 Å². The van der Waals surface area contributed by atoms with E-state index in [2.05, 4.69) is 20.2 Å². The summed E-state index contributed by atoms with van der Waals surface area (Å²) < 4.78 is 0. The van der Waals surface area contributed by atoms with Gasteiger partial charge in [-0.2, -0.15) is 5.10 Å². The minimum Gasteiger partial charge on any atom is -0.347 e. The summed E-state index contributed by atoms with van der Waals surface area (Å²) in [5, 5.41) is 7.40. The molecule has 0 saturated carbocycles. The molecule has 1 amide bonds. The maximum Gasteiger partial charge on any atom is 0.275 e. The van der Waals surface area contributed by atoms with Gasteiger partial charge in [0.15, 0.2) is 5.69 Å². The first-order valence-electron chi connectivity index (χ1n) is 7.69. The third-order valence-electron chi connectivity index (χ3n) is 4.57. The van der Waals surface area contributed by atoms with Gasteiger partial charge in [0.25, 0.3) is 5.91 Å². The Balaban J connectivity index is 1.60. The lowest BCUT2D eigenvalue weighted by atomic mass is 10.1. The fourth-order valence-electron chi connectivity index (χ4n) is 3.37. The zero-order valence-corrected chi connectivity index (χ0v) is 12.0. The topological polar surface area (TPSA) is 77.7 Å². The largest absolute Gasteiger partial charge is 0.347 e. The molecule has 0 bridgehead atoms. The molecular weight excluding hydrogens is 266 g/mol. The number of fused-ring (bicyclic) bond motifs is 2. The molecule has 0 unspecified atom stereocenters. The highest BCUT2D eigenvalue weighted by Gasteiger charge is 2.28. The van der Waals surface area contributed by atoms with E-state index in [1.807, 2.05) is 4.90 Å². The standard InChI is InChI=1S/C15H19N5O/c21-15(20-7-6-12-13(8-20)17-9-16-12)14-10-4-2-1-3-5-11(10)18-19-14/h9H,1-8H2,(H,16,17)(H,18,19). The Kier molecular flexibility index (Phi) is 3.02. The van der Waals surface area contributed by atoms with Crippen molar-refractivity contribution in [2.24, 2.45) is 0 Å². The number of nitrogens with one attached hydrogen (secondary N) is 2. The lowest BCUT2D eigenvalue weighted by molar-refractivity contribution is 0.0724. The fraction of sp³-hybridized carbons (Fsp3) is 0.533. The van der Waals surface area contributed by atoms with Gasteiger partial charge in [0.1, 0.15) is 0 Å². The molecule has 1 aliphatic carbocycles. The molecule has 3 heterocycles. The number of aryl methyl sites for hydroxylation is 1. The van der Waals surface area contributed by atoms with Crippen LogP contribution in [0.15, 0.2) is 6.33 Å². The molecular formula is C15H19N5O. The molecule has 4 rings (SSSR count). The second kappa shape index (κ2) is 5.02. The molecule has 2 aromatic heterocycles. The molecule has 1 aliphatic heterocycles. The molecule has 0 radical (unpaired) electrons. The maximum absolute atomic E-state index is 12.8. The van der Waals surface area contributed by atoms with Crippen LogP contribution in [0.2, 0.25) is 0 Å². The molecule has 2 N–H and O–H groups in total. The van der Waals surface area contributed by atoms with Gasteiger partial charge >= 0.3 is 0 Å². The number of rotatable bonds is 1. The molecule has 6 heteroatoms. The van der Waals surface area contributed by atoms with Gasteiger partial charge in [-0.1, -0.05) is 6.42 Å². The van der Waals surface area contributed by atoms with Gasteiger partial charge < -0.3 is 9.88 Å². The van der Waals surface area contributed by atoms with Crippen molar-refractivity contribution in [1.82, 2.24) is 25.1 Å². The Morgan fingerprint density at radius 2 is 2.05 bits per heavy atom. The molecule has 0 aromatic carbocycles. The number of nitrogens with zero attached hydrogens (tertiary/aromatic N) is 3. The van der Waals surface area contributed by atoms with E-state index in [1.54, 1.807) is 6.33 Å². The SMILES string of the molecule is O=C(c1n[nH]c2c1CCCCC2)N1CCc2nc[nH]c2C1. The number of imidazole rings is 1. The first kappa shape index (κ1) is 12.6.